The zero-order valence-corrected chi connectivity index (χ0v) is 10.1. The average molecular weight is 202 g/mol. The van der Waals surface area contributed by atoms with Crippen molar-refractivity contribution in [2.45, 2.75) is 33.2 Å². The third-order valence-electron chi connectivity index (χ3n) is 2.45. The van der Waals surface area contributed by atoms with Gasteiger partial charge in [0, 0.05) is 26.2 Å². The molecule has 3 nitrogen and oxygen atoms in total. The molecule has 0 bridgehead atoms. The Morgan fingerprint density at radius 2 is 1.93 bits per heavy atom. The minimum absolute atomic E-state index is 0.542. The van der Waals surface area contributed by atoms with Gasteiger partial charge in [0.1, 0.15) is 0 Å². The van der Waals surface area contributed by atoms with Gasteiger partial charge in [-0.2, -0.15) is 0 Å². The normalized spacial score (nSPS) is 15.4. The lowest BCUT2D eigenvalue weighted by Crippen LogP contribution is -2.39. The molecule has 2 unspecified atom stereocenters. The quantitative estimate of drug-likeness (QED) is 0.552. The Morgan fingerprint density at radius 3 is 2.50 bits per heavy atom. The lowest BCUT2D eigenvalue weighted by molar-refractivity contribution is 0.198. The van der Waals surface area contributed by atoms with Crippen LogP contribution in [0.5, 0.6) is 0 Å². The van der Waals surface area contributed by atoms with Gasteiger partial charge in [-0.15, -0.1) is 0 Å². The molecule has 0 spiro atoms. The molecule has 0 aromatic rings. The molecule has 0 aromatic carbocycles. The number of rotatable bonds is 9. The summed E-state index contributed by atoms with van der Waals surface area (Å²) < 4.78 is 4.96. The maximum absolute atomic E-state index is 4.96. The number of methoxy groups -OCH3 is 1. The first-order valence-electron chi connectivity index (χ1n) is 5.63. The number of hydrogen-bond donors (Lipinski definition) is 2. The van der Waals surface area contributed by atoms with Gasteiger partial charge in [0.25, 0.3) is 0 Å². The number of hydrogen-bond acceptors (Lipinski definition) is 3. The van der Waals surface area contributed by atoms with E-state index in [9.17, 15) is 0 Å². The lowest BCUT2D eigenvalue weighted by atomic mass is 10.1. The molecule has 3 heteroatoms. The second-order valence-corrected chi connectivity index (χ2v) is 4.02. The second-order valence-electron chi connectivity index (χ2n) is 4.02. The highest BCUT2D eigenvalue weighted by Crippen LogP contribution is 1.97. The van der Waals surface area contributed by atoms with E-state index in [1.807, 2.05) is 0 Å². The van der Waals surface area contributed by atoms with Crippen molar-refractivity contribution in [2.75, 3.05) is 33.4 Å². The monoisotopic (exact) mass is 202 g/mol. The summed E-state index contributed by atoms with van der Waals surface area (Å²) in [5, 5.41) is 6.85. The van der Waals surface area contributed by atoms with Crippen molar-refractivity contribution in [3.05, 3.63) is 0 Å². The van der Waals surface area contributed by atoms with Crippen molar-refractivity contribution in [1.82, 2.24) is 10.6 Å². The minimum Gasteiger partial charge on any atom is -0.383 e. The zero-order chi connectivity index (χ0) is 10.8. The molecule has 2 atom stereocenters. The molecule has 2 N–H and O–H groups in total. The Bertz CT molecular complexity index is 120. The highest BCUT2D eigenvalue weighted by Gasteiger charge is 2.02. The summed E-state index contributed by atoms with van der Waals surface area (Å²) in [7, 11) is 1.73. The van der Waals surface area contributed by atoms with E-state index in [2.05, 4.69) is 31.4 Å². The molecule has 0 fully saturated rings. The van der Waals surface area contributed by atoms with Crippen molar-refractivity contribution >= 4 is 0 Å². The fraction of sp³-hybridized carbons (Fsp3) is 1.00. The third kappa shape index (κ3) is 8.48. The van der Waals surface area contributed by atoms with Gasteiger partial charge in [-0.1, -0.05) is 20.3 Å². The summed E-state index contributed by atoms with van der Waals surface area (Å²) in [5.74, 6) is 0.774. The first-order chi connectivity index (χ1) is 6.70. The van der Waals surface area contributed by atoms with Crippen LogP contribution in [-0.2, 0) is 4.74 Å². The van der Waals surface area contributed by atoms with Crippen molar-refractivity contribution in [2.24, 2.45) is 5.92 Å². The van der Waals surface area contributed by atoms with Gasteiger partial charge in [0.15, 0.2) is 0 Å². The summed E-state index contributed by atoms with van der Waals surface area (Å²) in [6.45, 7) is 10.6. The largest absolute Gasteiger partial charge is 0.383 e. The van der Waals surface area contributed by atoms with Gasteiger partial charge in [0.2, 0.25) is 0 Å². The fourth-order valence-electron chi connectivity index (χ4n) is 1.11. The Balaban J connectivity index is 3.23. The maximum Gasteiger partial charge on any atom is 0.0587 e. The first kappa shape index (κ1) is 13.9. The molecular weight excluding hydrogens is 176 g/mol. The topological polar surface area (TPSA) is 33.3 Å². The molecule has 0 aliphatic heterocycles. The van der Waals surface area contributed by atoms with E-state index >= 15 is 0 Å². The van der Waals surface area contributed by atoms with E-state index in [1.165, 1.54) is 6.42 Å². The van der Waals surface area contributed by atoms with Crippen molar-refractivity contribution in [1.29, 1.82) is 0 Å². The van der Waals surface area contributed by atoms with Gasteiger partial charge >= 0.3 is 0 Å². The molecule has 0 radical (unpaired) electrons. The van der Waals surface area contributed by atoms with Crippen LogP contribution in [0.3, 0.4) is 0 Å². The molecule has 0 amide bonds. The zero-order valence-electron chi connectivity index (χ0n) is 10.1. The highest BCUT2D eigenvalue weighted by atomic mass is 16.5. The molecule has 0 aromatic heterocycles. The predicted octanol–water partition coefficient (Wildman–Crippen LogP) is 1.25. The fourth-order valence-corrected chi connectivity index (χ4v) is 1.11. The van der Waals surface area contributed by atoms with Crippen LogP contribution < -0.4 is 10.6 Å². The van der Waals surface area contributed by atoms with E-state index < -0.39 is 0 Å². The highest BCUT2D eigenvalue weighted by molar-refractivity contribution is 4.65. The van der Waals surface area contributed by atoms with Crippen LogP contribution in [0, 0.1) is 5.92 Å². The van der Waals surface area contributed by atoms with Gasteiger partial charge in [0.05, 0.1) is 6.61 Å². The summed E-state index contributed by atoms with van der Waals surface area (Å²) >= 11 is 0. The Morgan fingerprint density at radius 1 is 1.21 bits per heavy atom. The van der Waals surface area contributed by atoms with Crippen LogP contribution in [0.4, 0.5) is 0 Å². The molecule has 0 saturated carbocycles. The van der Waals surface area contributed by atoms with E-state index in [0.29, 0.717) is 6.04 Å². The molecular formula is C11H26N2O. The van der Waals surface area contributed by atoms with E-state index in [-0.39, 0.29) is 0 Å². The summed E-state index contributed by atoms with van der Waals surface area (Å²) in [6, 6.07) is 0.542. The van der Waals surface area contributed by atoms with E-state index in [0.717, 1.165) is 32.2 Å². The average Bonchev–Trinajstić information content (AvgIpc) is 2.21. The van der Waals surface area contributed by atoms with Gasteiger partial charge in [-0.3, -0.25) is 0 Å². The van der Waals surface area contributed by atoms with Gasteiger partial charge in [-0.25, -0.2) is 0 Å². The summed E-state index contributed by atoms with van der Waals surface area (Å²) in [5.41, 5.74) is 0. The Labute approximate surface area is 88.6 Å². The van der Waals surface area contributed by atoms with Crippen LogP contribution in [0.25, 0.3) is 0 Å². The molecule has 0 heterocycles. The SMILES string of the molecule is CCC(C)CNC(C)CNCCOC. The molecule has 86 valence electrons. The van der Waals surface area contributed by atoms with E-state index in [4.69, 9.17) is 4.74 Å². The minimum atomic E-state index is 0.542. The molecule has 0 aliphatic carbocycles. The van der Waals surface area contributed by atoms with Crippen LogP contribution in [0.15, 0.2) is 0 Å². The van der Waals surface area contributed by atoms with Crippen LogP contribution in [0.2, 0.25) is 0 Å². The molecule has 0 rings (SSSR count). The van der Waals surface area contributed by atoms with Crippen LogP contribution in [0.1, 0.15) is 27.2 Å². The third-order valence-corrected chi connectivity index (χ3v) is 2.45. The summed E-state index contributed by atoms with van der Waals surface area (Å²) in [4.78, 5) is 0. The van der Waals surface area contributed by atoms with Crippen molar-refractivity contribution in [3.8, 4) is 0 Å². The van der Waals surface area contributed by atoms with Crippen molar-refractivity contribution in [3.63, 3.8) is 0 Å². The Kier molecular flexibility index (Phi) is 9.35. The lowest BCUT2D eigenvalue weighted by Gasteiger charge is -2.17. The first-order valence-corrected chi connectivity index (χ1v) is 5.63. The van der Waals surface area contributed by atoms with Crippen LogP contribution >= 0.6 is 0 Å². The predicted molar refractivity (Wildman–Crippen MR) is 61.7 cm³/mol. The molecule has 0 aliphatic rings. The van der Waals surface area contributed by atoms with Crippen LogP contribution in [-0.4, -0.2) is 39.4 Å². The van der Waals surface area contributed by atoms with E-state index in [1.54, 1.807) is 7.11 Å². The number of ether oxygens (including phenoxy) is 1. The van der Waals surface area contributed by atoms with Crippen molar-refractivity contribution < 1.29 is 4.74 Å². The van der Waals surface area contributed by atoms with Gasteiger partial charge in [-0.05, 0) is 19.4 Å². The maximum atomic E-state index is 4.96. The second kappa shape index (κ2) is 9.44. The molecule has 14 heavy (non-hydrogen) atoms. The molecule has 0 saturated heterocycles. The standard InChI is InChI=1S/C11H26N2O/c1-5-10(2)8-13-11(3)9-12-6-7-14-4/h10-13H,5-9H2,1-4H3. The summed E-state index contributed by atoms with van der Waals surface area (Å²) in [6.07, 6.45) is 1.25. The number of nitrogens with one attached hydrogen (secondary N) is 2. The van der Waals surface area contributed by atoms with Gasteiger partial charge < -0.3 is 15.4 Å². The Hall–Kier alpha value is -0.120. The smallest absolute Gasteiger partial charge is 0.0587 e.